The van der Waals surface area contributed by atoms with E-state index in [1.54, 1.807) is 0 Å². The smallest absolute Gasteiger partial charge is 0.100 e. The molecule has 7 aromatic carbocycles. The number of hydrogen-bond donors (Lipinski definition) is 0. The van der Waals surface area contributed by atoms with Crippen molar-refractivity contribution in [3.05, 3.63) is 199 Å². The standard InChI is InChI=1S/C50H37N/c51-35-50-48(45-27-13-22-40(31-45)37-15-5-1-2-6-16-37)33-47(34-49(50)46-28-14-23-41(32-46)38-19-9-4-10-20-38)44-26-12-25-43(30-44)42-24-11-21-39(29-42)36-17-7-3-8-18-36/h1-4,7-15,17-34H,5-6,16H2. The van der Waals surface area contributed by atoms with Gasteiger partial charge in [0.25, 0.3) is 0 Å². The molecule has 1 heteroatoms. The Hall–Kier alpha value is -6.49. The van der Waals surface area contributed by atoms with Gasteiger partial charge in [0.1, 0.15) is 6.07 Å². The molecule has 8 rings (SSSR count). The Morgan fingerprint density at radius 3 is 1.31 bits per heavy atom. The minimum absolute atomic E-state index is 0.685. The predicted octanol–water partition coefficient (Wildman–Crippen LogP) is 13.7. The monoisotopic (exact) mass is 651 g/mol. The van der Waals surface area contributed by atoms with Gasteiger partial charge in [-0.15, -0.1) is 0 Å². The van der Waals surface area contributed by atoms with Gasteiger partial charge in [0.15, 0.2) is 0 Å². The SMILES string of the molecule is N#Cc1c(-c2cccc(C3=CCC=CCC3)c2)cc(-c2cccc(-c3cccc(-c4ccccc4)c3)c2)cc1-c1cccc(-c2ccccc2)c1. The highest BCUT2D eigenvalue weighted by molar-refractivity contribution is 5.90. The molecule has 7 aromatic rings. The molecule has 1 aliphatic carbocycles. The second-order valence-corrected chi connectivity index (χ2v) is 13.1. The summed E-state index contributed by atoms with van der Waals surface area (Å²) in [4.78, 5) is 0. The predicted molar refractivity (Wildman–Crippen MR) is 215 cm³/mol. The quantitative estimate of drug-likeness (QED) is 0.157. The average Bonchev–Trinajstić information content (AvgIpc) is 3.51. The molecular formula is C50H37N. The Morgan fingerprint density at radius 2 is 0.784 bits per heavy atom. The number of hydrogen-bond acceptors (Lipinski definition) is 1. The number of nitriles is 1. The Balaban J connectivity index is 1.29. The highest BCUT2D eigenvalue weighted by Gasteiger charge is 2.17. The molecule has 0 aromatic heterocycles. The third kappa shape index (κ3) is 6.86. The lowest BCUT2D eigenvalue weighted by Crippen LogP contribution is -1.94. The molecule has 0 fully saturated rings. The van der Waals surface area contributed by atoms with Crippen LogP contribution in [-0.2, 0) is 0 Å². The zero-order valence-electron chi connectivity index (χ0n) is 28.5. The molecule has 51 heavy (non-hydrogen) atoms. The molecule has 0 saturated heterocycles. The molecule has 0 spiro atoms. The largest absolute Gasteiger partial charge is 0.192 e. The molecule has 1 aliphatic rings. The van der Waals surface area contributed by atoms with E-state index in [0.717, 1.165) is 69.3 Å². The fraction of sp³-hybridized carbons (Fsp3) is 0.0600. The van der Waals surface area contributed by atoms with Crippen LogP contribution < -0.4 is 0 Å². The summed E-state index contributed by atoms with van der Waals surface area (Å²) in [7, 11) is 0. The molecule has 0 aliphatic heterocycles. The van der Waals surface area contributed by atoms with E-state index >= 15 is 0 Å². The molecule has 0 bridgehead atoms. The van der Waals surface area contributed by atoms with Crippen molar-refractivity contribution >= 4 is 5.57 Å². The van der Waals surface area contributed by atoms with Crippen molar-refractivity contribution in [2.45, 2.75) is 19.3 Å². The fourth-order valence-electron chi connectivity index (χ4n) is 7.18. The van der Waals surface area contributed by atoms with E-state index in [9.17, 15) is 5.26 Å². The molecule has 0 N–H and O–H groups in total. The number of rotatable bonds is 7. The summed E-state index contributed by atoms with van der Waals surface area (Å²) in [5, 5.41) is 10.9. The minimum atomic E-state index is 0.685. The lowest BCUT2D eigenvalue weighted by Gasteiger charge is -2.17. The zero-order valence-corrected chi connectivity index (χ0v) is 28.5. The lowest BCUT2D eigenvalue weighted by atomic mass is 9.86. The molecule has 0 heterocycles. The minimum Gasteiger partial charge on any atom is -0.192 e. The molecule has 242 valence electrons. The van der Waals surface area contributed by atoms with E-state index in [1.807, 2.05) is 6.07 Å². The van der Waals surface area contributed by atoms with Crippen LogP contribution in [-0.4, -0.2) is 0 Å². The molecule has 0 radical (unpaired) electrons. The maximum Gasteiger partial charge on any atom is 0.100 e. The van der Waals surface area contributed by atoms with Crippen LogP contribution in [0.4, 0.5) is 0 Å². The van der Waals surface area contributed by atoms with Gasteiger partial charge in [-0.3, -0.25) is 0 Å². The third-order valence-electron chi connectivity index (χ3n) is 9.82. The van der Waals surface area contributed by atoms with Crippen LogP contribution in [0.3, 0.4) is 0 Å². The zero-order chi connectivity index (χ0) is 34.4. The van der Waals surface area contributed by atoms with Crippen molar-refractivity contribution in [1.29, 1.82) is 5.26 Å². The molecule has 0 amide bonds. The van der Waals surface area contributed by atoms with Crippen LogP contribution in [0.15, 0.2) is 188 Å². The first-order valence-corrected chi connectivity index (χ1v) is 17.7. The summed E-state index contributed by atoms with van der Waals surface area (Å²) in [6.45, 7) is 0. The molecule has 0 atom stereocenters. The fourth-order valence-corrected chi connectivity index (χ4v) is 7.18. The van der Waals surface area contributed by atoms with Gasteiger partial charge < -0.3 is 0 Å². The summed E-state index contributed by atoms with van der Waals surface area (Å²) in [5.41, 5.74) is 16.4. The Bertz CT molecular complexity index is 2440. The first-order chi connectivity index (χ1) is 25.2. The Morgan fingerprint density at radius 1 is 0.373 bits per heavy atom. The van der Waals surface area contributed by atoms with Crippen molar-refractivity contribution in [2.75, 3.05) is 0 Å². The van der Waals surface area contributed by atoms with Gasteiger partial charge in [0, 0.05) is 11.1 Å². The van der Waals surface area contributed by atoms with Crippen molar-refractivity contribution < 1.29 is 0 Å². The first kappa shape index (κ1) is 31.8. The molecule has 0 unspecified atom stereocenters. The normalized spacial score (nSPS) is 12.5. The van der Waals surface area contributed by atoms with Crippen LogP contribution >= 0.6 is 0 Å². The van der Waals surface area contributed by atoms with E-state index < -0.39 is 0 Å². The first-order valence-electron chi connectivity index (χ1n) is 17.7. The summed E-state index contributed by atoms with van der Waals surface area (Å²) < 4.78 is 0. The Kier molecular flexibility index (Phi) is 9.06. The topological polar surface area (TPSA) is 23.8 Å². The van der Waals surface area contributed by atoms with Crippen molar-refractivity contribution in [3.8, 4) is 72.8 Å². The van der Waals surface area contributed by atoms with Crippen LogP contribution in [0, 0.1) is 11.3 Å². The van der Waals surface area contributed by atoms with Gasteiger partial charge in [-0.1, -0.05) is 152 Å². The number of allylic oxidation sites excluding steroid dienone is 4. The van der Waals surface area contributed by atoms with E-state index in [-0.39, 0.29) is 0 Å². The summed E-state index contributed by atoms with van der Waals surface area (Å²) in [6, 6.07) is 62.9. The number of benzene rings is 7. The van der Waals surface area contributed by atoms with Gasteiger partial charge >= 0.3 is 0 Å². The van der Waals surface area contributed by atoms with Gasteiger partial charge in [-0.05, 0) is 122 Å². The maximum atomic E-state index is 10.9. The van der Waals surface area contributed by atoms with E-state index in [0.29, 0.717) is 5.56 Å². The van der Waals surface area contributed by atoms with Gasteiger partial charge in [0.05, 0.1) is 5.56 Å². The van der Waals surface area contributed by atoms with E-state index in [2.05, 4.69) is 188 Å². The van der Waals surface area contributed by atoms with Crippen LogP contribution in [0.1, 0.15) is 30.4 Å². The van der Waals surface area contributed by atoms with Crippen LogP contribution in [0.25, 0.3) is 72.3 Å². The van der Waals surface area contributed by atoms with Gasteiger partial charge in [0.2, 0.25) is 0 Å². The van der Waals surface area contributed by atoms with Crippen molar-refractivity contribution in [2.24, 2.45) is 0 Å². The van der Waals surface area contributed by atoms with E-state index in [4.69, 9.17) is 0 Å². The summed E-state index contributed by atoms with van der Waals surface area (Å²) in [6.07, 6.45) is 9.86. The molecule has 1 nitrogen and oxygen atoms in total. The van der Waals surface area contributed by atoms with Crippen LogP contribution in [0.5, 0.6) is 0 Å². The second-order valence-electron chi connectivity index (χ2n) is 13.1. The summed E-state index contributed by atoms with van der Waals surface area (Å²) in [5.74, 6) is 0. The van der Waals surface area contributed by atoms with E-state index in [1.165, 1.54) is 27.8 Å². The van der Waals surface area contributed by atoms with Gasteiger partial charge in [-0.2, -0.15) is 5.26 Å². The average molecular weight is 652 g/mol. The highest BCUT2D eigenvalue weighted by Crippen LogP contribution is 2.40. The lowest BCUT2D eigenvalue weighted by molar-refractivity contribution is 1.08. The number of nitrogens with zero attached hydrogens (tertiary/aromatic N) is 1. The van der Waals surface area contributed by atoms with Crippen molar-refractivity contribution in [3.63, 3.8) is 0 Å². The highest BCUT2D eigenvalue weighted by atomic mass is 14.3. The molecular weight excluding hydrogens is 615 g/mol. The molecule has 0 saturated carbocycles. The third-order valence-corrected chi connectivity index (χ3v) is 9.82. The Labute approximate surface area is 301 Å². The van der Waals surface area contributed by atoms with Gasteiger partial charge in [-0.25, -0.2) is 0 Å². The summed E-state index contributed by atoms with van der Waals surface area (Å²) >= 11 is 0. The van der Waals surface area contributed by atoms with Crippen molar-refractivity contribution in [1.82, 2.24) is 0 Å². The maximum absolute atomic E-state index is 10.9. The second kappa shape index (κ2) is 14.6. The van der Waals surface area contributed by atoms with Crippen LogP contribution in [0.2, 0.25) is 0 Å².